The highest BCUT2D eigenvalue weighted by Crippen LogP contribution is 2.37. The number of benzene rings is 2. The molecule has 3 rings (SSSR count). The molecule has 1 heterocycles. The summed E-state index contributed by atoms with van der Waals surface area (Å²) in [5.74, 6) is -2.69. The number of halogens is 5. The van der Waals surface area contributed by atoms with Crippen LogP contribution in [0.5, 0.6) is 11.6 Å². The number of alkyl halides is 3. The van der Waals surface area contributed by atoms with Crippen molar-refractivity contribution in [2.24, 2.45) is 0 Å². The van der Waals surface area contributed by atoms with Gasteiger partial charge in [0.1, 0.15) is 11.4 Å². The molecule has 1 aromatic heterocycles. The Bertz CT molecular complexity index is 1400. The maximum absolute atomic E-state index is 13.8. The van der Waals surface area contributed by atoms with Crippen LogP contribution < -0.4 is 10.1 Å². The van der Waals surface area contributed by atoms with E-state index >= 15 is 0 Å². The zero-order valence-electron chi connectivity index (χ0n) is 17.9. The molecule has 13 heteroatoms. The van der Waals surface area contributed by atoms with Gasteiger partial charge in [-0.3, -0.25) is 4.79 Å². The van der Waals surface area contributed by atoms with Gasteiger partial charge in [0.25, 0.3) is 11.8 Å². The number of carbonyl (C=O) groups excluding carboxylic acids is 1. The van der Waals surface area contributed by atoms with E-state index in [0.29, 0.717) is 0 Å². The van der Waals surface area contributed by atoms with Gasteiger partial charge in [0.2, 0.25) is 0 Å². The number of amides is 1. The second-order valence-electron chi connectivity index (χ2n) is 7.31. The standard InChI is InChI=1S/C21H17ClF4N4O3S/c1-10-7-12(23)8-15(17(10)22)33-20-16(11(2)18(29-30-20)21(24,25)26)19(31)28-13-5-4-6-14(9-13)34(3,27)32/h4-9,27H,1-3H3,(H,28,31). The lowest BCUT2D eigenvalue weighted by Gasteiger charge is -2.17. The Kier molecular flexibility index (Phi) is 6.85. The molecule has 1 unspecified atom stereocenters. The van der Waals surface area contributed by atoms with Crippen molar-refractivity contribution in [2.75, 3.05) is 11.6 Å². The monoisotopic (exact) mass is 516 g/mol. The van der Waals surface area contributed by atoms with E-state index in [1.807, 2.05) is 0 Å². The number of anilines is 1. The van der Waals surface area contributed by atoms with Crippen LogP contribution in [-0.2, 0) is 15.9 Å². The second kappa shape index (κ2) is 9.18. The number of hydrogen-bond donors (Lipinski definition) is 2. The Morgan fingerprint density at radius 2 is 1.85 bits per heavy atom. The van der Waals surface area contributed by atoms with Crippen LogP contribution in [0, 0.1) is 24.4 Å². The average molecular weight is 517 g/mol. The summed E-state index contributed by atoms with van der Waals surface area (Å²) in [5.41, 5.74) is -2.26. The first kappa shape index (κ1) is 25.4. The van der Waals surface area contributed by atoms with E-state index in [1.54, 1.807) is 0 Å². The molecule has 0 bridgehead atoms. The molecule has 0 spiro atoms. The number of hydrogen-bond acceptors (Lipinski definition) is 6. The molecule has 7 nitrogen and oxygen atoms in total. The average Bonchev–Trinajstić information content (AvgIpc) is 2.70. The van der Waals surface area contributed by atoms with Crippen LogP contribution in [0.15, 0.2) is 41.3 Å². The van der Waals surface area contributed by atoms with Gasteiger partial charge in [-0.2, -0.15) is 13.2 Å². The molecule has 0 fully saturated rings. The number of ether oxygens (including phenoxy) is 1. The molecule has 0 aliphatic heterocycles. The summed E-state index contributed by atoms with van der Waals surface area (Å²) in [6, 6.07) is 7.51. The molecular formula is C21H17ClF4N4O3S. The van der Waals surface area contributed by atoms with Crippen molar-refractivity contribution < 1.29 is 31.3 Å². The van der Waals surface area contributed by atoms with Crippen LogP contribution in [0.4, 0.5) is 23.2 Å². The van der Waals surface area contributed by atoms with E-state index in [9.17, 15) is 26.6 Å². The van der Waals surface area contributed by atoms with E-state index in [1.165, 1.54) is 37.4 Å². The largest absolute Gasteiger partial charge is 0.435 e. The minimum atomic E-state index is -4.92. The minimum Gasteiger partial charge on any atom is -0.435 e. The van der Waals surface area contributed by atoms with Crippen LogP contribution in [0.25, 0.3) is 0 Å². The third-order valence-corrected chi connectivity index (χ3v) is 6.25. The third kappa shape index (κ3) is 5.45. The lowest BCUT2D eigenvalue weighted by Crippen LogP contribution is -2.21. The van der Waals surface area contributed by atoms with Crippen LogP contribution in [0.1, 0.15) is 27.2 Å². The van der Waals surface area contributed by atoms with Crippen molar-refractivity contribution in [1.82, 2.24) is 10.2 Å². The fourth-order valence-corrected chi connectivity index (χ4v) is 3.83. The fourth-order valence-electron chi connectivity index (χ4n) is 2.99. The summed E-state index contributed by atoms with van der Waals surface area (Å²) >= 11 is 6.12. The molecule has 2 N–H and O–H groups in total. The molecule has 0 saturated carbocycles. The second-order valence-corrected chi connectivity index (χ2v) is 9.85. The predicted molar refractivity (Wildman–Crippen MR) is 117 cm³/mol. The molecule has 0 aliphatic carbocycles. The van der Waals surface area contributed by atoms with Gasteiger partial charge in [-0.1, -0.05) is 17.7 Å². The molecule has 0 radical (unpaired) electrons. The van der Waals surface area contributed by atoms with E-state index in [2.05, 4.69) is 15.5 Å². The van der Waals surface area contributed by atoms with E-state index in [0.717, 1.165) is 19.1 Å². The zero-order valence-corrected chi connectivity index (χ0v) is 19.5. The zero-order chi connectivity index (χ0) is 25.4. The third-order valence-electron chi connectivity index (χ3n) is 4.61. The Labute approximate surface area is 197 Å². The molecule has 180 valence electrons. The van der Waals surface area contributed by atoms with Gasteiger partial charge in [0.15, 0.2) is 11.4 Å². The number of rotatable bonds is 5. The number of aryl methyl sites for hydroxylation is 1. The number of nitrogens with zero attached hydrogens (tertiary/aromatic N) is 2. The van der Waals surface area contributed by atoms with Gasteiger partial charge >= 0.3 is 6.18 Å². The summed E-state index contributed by atoms with van der Waals surface area (Å²) in [7, 11) is -3.12. The Balaban J connectivity index is 2.11. The Hall–Kier alpha value is -3.25. The van der Waals surface area contributed by atoms with Crippen LogP contribution in [0.3, 0.4) is 0 Å². The van der Waals surface area contributed by atoms with E-state index in [-0.39, 0.29) is 26.9 Å². The van der Waals surface area contributed by atoms with Crippen LogP contribution in [0.2, 0.25) is 5.02 Å². The van der Waals surface area contributed by atoms with E-state index < -0.39 is 50.3 Å². The molecular weight excluding hydrogens is 500 g/mol. The Morgan fingerprint density at radius 1 is 1.18 bits per heavy atom. The molecule has 1 atom stereocenters. The predicted octanol–water partition coefficient (Wildman–Crippen LogP) is 5.98. The molecule has 34 heavy (non-hydrogen) atoms. The maximum Gasteiger partial charge on any atom is 0.435 e. The fraction of sp³-hybridized carbons (Fsp3) is 0.190. The number of nitrogens with one attached hydrogen (secondary N) is 2. The highest BCUT2D eigenvalue weighted by molar-refractivity contribution is 7.91. The molecule has 3 aromatic rings. The van der Waals surface area contributed by atoms with Crippen LogP contribution in [-0.4, -0.2) is 26.6 Å². The maximum atomic E-state index is 13.8. The van der Waals surface area contributed by atoms with Crippen molar-refractivity contribution in [1.29, 1.82) is 4.78 Å². The molecule has 2 aromatic carbocycles. The van der Waals surface area contributed by atoms with Crippen molar-refractivity contribution in [3.8, 4) is 11.6 Å². The summed E-state index contributed by atoms with van der Waals surface area (Å²) in [6.45, 7) is 2.50. The van der Waals surface area contributed by atoms with Gasteiger partial charge in [-0.25, -0.2) is 13.4 Å². The Morgan fingerprint density at radius 3 is 2.47 bits per heavy atom. The summed E-state index contributed by atoms with van der Waals surface area (Å²) in [6.07, 6.45) is -3.74. The normalized spacial score (nSPS) is 13.3. The van der Waals surface area contributed by atoms with Gasteiger partial charge in [-0.15, -0.1) is 10.2 Å². The lowest BCUT2D eigenvalue weighted by atomic mass is 10.1. The van der Waals surface area contributed by atoms with Gasteiger partial charge in [-0.05, 0) is 49.2 Å². The number of aromatic nitrogens is 2. The smallest absolute Gasteiger partial charge is 0.435 e. The van der Waals surface area contributed by atoms with Crippen molar-refractivity contribution in [3.05, 3.63) is 69.6 Å². The van der Waals surface area contributed by atoms with Crippen molar-refractivity contribution in [2.45, 2.75) is 24.9 Å². The van der Waals surface area contributed by atoms with E-state index in [4.69, 9.17) is 21.1 Å². The van der Waals surface area contributed by atoms with Crippen molar-refractivity contribution >= 4 is 32.9 Å². The lowest BCUT2D eigenvalue weighted by molar-refractivity contribution is -0.142. The van der Waals surface area contributed by atoms with Crippen LogP contribution >= 0.6 is 11.6 Å². The highest BCUT2D eigenvalue weighted by atomic mass is 35.5. The molecule has 1 amide bonds. The number of carbonyl (C=O) groups is 1. The first-order chi connectivity index (χ1) is 15.7. The van der Waals surface area contributed by atoms with Gasteiger partial charge in [0.05, 0.1) is 14.8 Å². The molecule has 0 aliphatic rings. The van der Waals surface area contributed by atoms with Crippen molar-refractivity contribution in [3.63, 3.8) is 0 Å². The summed E-state index contributed by atoms with van der Waals surface area (Å²) < 4.78 is 79.3. The summed E-state index contributed by atoms with van der Waals surface area (Å²) in [5, 5.41) is 8.90. The first-order valence-corrected chi connectivity index (χ1v) is 11.8. The highest BCUT2D eigenvalue weighted by Gasteiger charge is 2.38. The van der Waals surface area contributed by atoms with Gasteiger partial charge in [0, 0.05) is 22.9 Å². The summed E-state index contributed by atoms with van der Waals surface area (Å²) in [4.78, 5) is 13.2. The molecule has 0 saturated heterocycles. The SMILES string of the molecule is Cc1cc(F)cc(Oc2nnc(C(F)(F)F)c(C)c2C(=O)Nc2cccc(S(C)(=N)=O)c2)c1Cl. The first-order valence-electron chi connectivity index (χ1n) is 9.41. The topological polar surface area (TPSA) is 105 Å². The van der Waals surface area contributed by atoms with Gasteiger partial charge < -0.3 is 10.1 Å². The quantitative estimate of drug-likeness (QED) is 0.406. The minimum absolute atomic E-state index is 0.0343.